The van der Waals surface area contributed by atoms with Crippen LogP contribution in [0.4, 0.5) is 0 Å². The van der Waals surface area contributed by atoms with Crippen molar-refractivity contribution >= 4 is 41.3 Å². The summed E-state index contributed by atoms with van der Waals surface area (Å²) < 4.78 is 11.0. The van der Waals surface area contributed by atoms with E-state index >= 15 is 0 Å². The Morgan fingerprint density at radius 3 is 2.74 bits per heavy atom. The predicted molar refractivity (Wildman–Crippen MR) is 140 cm³/mol. The summed E-state index contributed by atoms with van der Waals surface area (Å²) >= 11 is 1.78. The highest BCUT2D eigenvalue weighted by atomic mass is 127. The van der Waals surface area contributed by atoms with Crippen molar-refractivity contribution in [1.82, 2.24) is 20.5 Å². The molecule has 9 heteroatoms. The molecule has 2 rings (SSSR count). The molecule has 0 amide bonds. The van der Waals surface area contributed by atoms with E-state index in [-0.39, 0.29) is 24.0 Å². The first kappa shape index (κ1) is 27.6. The van der Waals surface area contributed by atoms with Crippen molar-refractivity contribution in [2.45, 2.75) is 26.3 Å². The van der Waals surface area contributed by atoms with E-state index in [2.05, 4.69) is 51.6 Å². The zero-order valence-electron chi connectivity index (χ0n) is 19.0. The van der Waals surface area contributed by atoms with Gasteiger partial charge in [0.25, 0.3) is 0 Å². The van der Waals surface area contributed by atoms with E-state index in [0.29, 0.717) is 13.2 Å². The quantitative estimate of drug-likeness (QED) is 0.223. The summed E-state index contributed by atoms with van der Waals surface area (Å²) in [6, 6.07) is 8.16. The molecule has 31 heavy (non-hydrogen) atoms. The minimum Gasteiger partial charge on any atom is -0.492 e. The SMILES string of the molecule is CCc1cnc(CCNC(=NC)NCc2cccc(OCCN(C)CCOC)c2)s1.I. The number of likely N-dealkylation sites (N-methyl/N-ethyl adjacent to an activating group) is 1. The number of nitrogens with one attached hydrogen (secondary N) is 2. The normalized spacial score (nSPS) is 11.3. The highest BCUT2D eigenvalue weighted by molar-refractivity contribution is 14.0. The Bertz CT molecular complexity index is 772. The van der Waals surface area contributed by atoms with Gasteiger partial charge in [0.1, 0.15) is 12.4 Å². The molecule has 0 aliphatic carbocycles. The van der Waals surface area contributed by atoms with Crippen molar-refractivity contribution < 1.29 is 9.47 Å². The second-order valence-electron chi connectivity index (χ2n) is 6.97. The summed E-state index contributed by atoms with van der Waals surface area (Å²) in [5.41, 5.74) is 1.15. The molecule has 0 unspecified atom stereocenters. The lowest BCUT2D eigenvalue weighted by Gasteiger charge is -2.16. The van der Waals surface area contributed by atoms with Crippen molar-refractivity contribution in [2.75, 3.05) is 54.1 Å². The van der Waals surface area contributed by atoms with Gasteiger partial charge in [-0.2, -0.15) is 0 Å². The molecule has 1 heterocycles. The van der Waals surface area contributed by atoms with E-state index in [9.17, 15) is 0 Å². The van der Waals surface area contributed by atoms with Gasteiger partial charge in [0.05, 0.1) is 11.6 Å². The topological polar surface area (TPSA) is 71.0 Å². The minimum absolute atomic E-state index is 0. The zero-order chi connectivity index (χ0) is 21.6. The number of halogens is 1. The monoisotopic (exact) mass is 561 g/mol. The van der Waals surface area contributed by atoms with Crippen molar-refractivity contribution in [3.05, 3.63) is 45.9 Å². The van der Waals surface area contributed by atoms with E-state index in [1.807, 2.05) is 18.3 Å². The zero-order valence-corrected chi connectivity index (χ0v) is 22.2. The Hall–Kier alpha value is -1.43. The second kappa shape index (κ2) is 16.2. The number of benzene rings is 1. The van der Waals surface area contributed by atoms with Crippen molar-refractivity contribution in [2.24, 2.45) is 4.99 Å². The maximum absolute atomic E-state index is 5.89. The Morgan fingerprint density at radius 1 is 1.23 bits per heavy atom. The minimum atomic E-state index is 0. The van der Waals surface area contributed by atoms with E-state index in [4.69, 9.17) is 9.47 Å². The molecule has 0 saturated heterocycles. The van der Waals surface area contributed by atoms with Crippen LogP contribution in [-0.4, -0.2) is 69.9 Å². The van der Waals surface area contributed by atoms with Crippen LogP contribution in [0.1, 0.15) is 22.4 Å². The van der Waals surface area contributed by atoms with Crippen LogP contribution in [-0.2, 0) is 24.1 Å². The van der Waals surface area contributed by atoms with Gasteiger partial charge in [-0.15, -0.1) is 35.3 Å². The molecule has 1 aromatic heterocycles. The van der Waals surface area contributed by atoms with Crippen LogP contribution >= 0.6 is 35.3 Å². The number of guanidine groups is 1. The number of rotatable bonds is 13. The molecule has 0 atom stereocenters. The van der Waals surface area contributed by atoms with Crippen LogP contribution in [0.25, 0.3) is 0 Å². The van der Waals surface area contributed by atoms with Crippen LogP contribution in [0, 0.1) is 0 Å². The number of methoxy groups -OCH3 is 1. The summed E-state index contributed by atoms with van der Waals surface area (Å²) in [5.74, 6) is 1.67. The Balaban J connectivity index is 0.00000480. The molecule has 0 aliphatic rings. The van der Waals surface area contributed by atoms with Crippen LogP contribution in [0.3, 0.4) is 0 Å². The van der Waals surface area contributed by atoms with Crippen molar-refractivity contribution in [3.63, 3.8) is 0 Å². The molecular weight excluding hydrogens is 525 g/mol. The summed E-state index contributed by atoms with van der Waals surface area (Å²) in [6.07, 6.45) is 3.91. The first-order valence-corrected chi connectivity index (χ1v) is 11.2. The molecule has 7 nitrogen and oxygen atoms in total. The largest absolute Gasteiger partial charge is 0.492 e. The molecule has 2 N–H and O–H groups in total. The van der Waals surface area contributed by atoms with Gasteiger partial charge < -0.3 is 25.0 Å². The van der Waals surface area contributed by atoms with E-state index in [0.717, 1.165) is 61.4 Å². The fraction of sp³-hybridized carbons (Fsp3) is 0.545. The number of aromatic nitrogens is 1. The highest BCUT2D eigenvalue weighted by Gasteiger charge is 2.04. The highest BCUT2D eigenvalue weighted by Crippen LogP contribution is 2.14. The maximum Gasteiger partial charge on any atom is 0.191 e. The van der Waals surface area contributed by atoms with E-state index < -0.39 is 0 Å². The van der Waals surface area contributed by atoms with Crippen LogP contribution < -0.4 is 15.4 Å². The summed E-state index contributed by atoms with van der Waals surface area (Å²) in [4.78, 5) is 12.3. The van der Waals surface area contributed by atoms with Gasteiger partial charge in [0, 0.05) is 57.8 Å². The van der Waals surface area contributed by atoms with Crippen molar-refractivity contribution in [3.8, 4) is 5.75 Å². The third kappa shape index (κ3) is 11.1. The summed E-state index contributed by atoms with van der Waals surface area (Å²) in [7, 11) is 5.57. The Morgan fingerprint density at radius 2 is 2.03 bits per heavy atom. The Labute approximate surface area is 207 Å². The van der Waals surface area contributed by atoms with Gasteiger partial charge in [-0.3, -0.25) is 4.99 Å². The Kier molecular flexibility index (Phi) is 14.5. The van der Waals surface area contributed by atoms with Gasteiger partial charge in [-0.05, 0) is 31.2 Å². The van der Waals surface area contributed by atoms with Gasteiger partial charge in [-0.1, -0.05) is 19.1 Å². The second-order valence-corrected chi connectivity index (χ2v) is 8.17. The van der Waals surface area contributed by atoms with Crippen LogP contribution in [0.2, 0.25) is 0 Å². The number of ether oxygens (including phenoxy) is 2. The van der Waals surface area contributed by atoms with Gasteiger partial charge in [-0.25, -0.2) is 4.98 Å². The van der Waals surface area contributed by atoms with E-state index in [1.165, 1.54) is 4.88 Å². The number of hydrogen-bond donors (Lipinski definition) is 2. The molecule has 0 spiro atoms. The molecule has 0 bridgehead atoms. The lowest BCUT2D eigenvalue weighted by atomic mass is 10.2. The number of aryl methyl sites for hydroxylation is 1. The number of aliphatic imine (C=N–C) groups is 1. The standard InChI is InChI=1S/C22H35N5O2S.HI/c1-5-20-17-25-21(30-20)9-10-24-22(23-2)26-16-18-7-6-8-19(15-18)29-14-12-27(3)11-13-28-4;/h6-8,15,17H,5,9-14,16H2,1-4H3,(H2,23,24,26);1H. The third-order valence-corrected chi connectivity index (χ3v) is 5.78. The first-order chi connectivity index (χ1) is 14.6. The molecule has 1 aromatic carbocycles. The van der Waals surface area contributed by atoms with Gasteiger partial charge in [0.15, 0.2) is 5.96 Å². The van der Waals surface area contributed by atoms with Crippen molar-refractivity contribution in [1.29, 1.82) is 0 Å². The number of thiazole rings is 1. The van der Waals surface area contributed by atoms with Crippen LogP contribution in [0.15, 0.2) is 35.5 Å². The smallest absolute Gasteiger partial charge is 0.191 e. The van der Waals surface area contributed by atoms with Gasteiger partial charge in [0.2, 0.25) is 0 Å². The molecule has 0 aliphatic heterocycles. The fourth-order valence-electron chi connectivity index (χ4n) is 2.74. The molecule has 174 valence electrons. The summed E-state index contributed by atoms with van der Waals surface area (Å²) in [6.45, 7) is 6.79. The third-order valence-electron chi connectivity index (χ3n) is 4.58. The van der Waals surface area contributed by atoms with E-state index in [1.54, 1.807) is 25.5 Å². The predicted octanol–water partition coefficient (Wildman–Crippen LogP) is 3.19. The molecular formula is C22H36IN5O2S. The summed E-state index contributed by atoms with van der Waals surface area (Å²) in [5, 5.41) is 7.87. The molecule has 0 radical (unpaired) electrons. The molecule has 0 fully saturated rings. The van der Waals surface area contributed by atoms with Crippen LogP contribution in [0.5, 0.6) is 5.75 Å². The fourth-order valence-corrected chi connectivity index (χ4v) is 3.61. The average Bonchev–Trinajstić information content (AvgIpc) is 3.23. The maximum atomic E-state index is 5.89. The van der Waals surface area contributed by atoms with Gasteiger partial charge >= 0.3 is 0 Å². The number of nitrogens with zero attached hydrogens (tertiary/aromatic N) is 3. The lowest BCUT2D eigenvalue weighted by molar-refractivity contribution is 0.150. The molecule has 2 aromatic rings. The number of hydrogen-bond acceptors (Lipinski definition) is 6. The average molecular weight is 562 g/mol. The lowest BCUT2D eigenvalue weighted by Crippen LogP contribution is -2.37. The molecule has 0 saturated carbocycles. The first-order valence-electron chi connectivity index (χ1n) is 10.4.